The molecule has 0 aromatic carbocycles. The second-order valence-electron chi connectivity index (χ2n) is 0.998. The quantitative estimate of drug-likeness (QED) is 0.428. The zero-order valence-electron chi connectivity index (χ0n) is 4.35. The van der Waals surface area contributed by atoms with Gasteiger partial charge in [0.25, 0.3) is 0 Å². The Morgan fingerprint density at radius 1 is 1.67 bits per heavy atom. The van der Waals surface area contributed by atoms with Gasteiger partial charge in [-0.3, -0.25) is 0 Å². The Bertz CT molecular complexity index is 179. The van der Waals surface area contributed by atoms with E-state index < -0.39 is 4.92 Å². The summed E-state index contributed by atoms with van der Waals surface area (Å²) >= 11 is 0. The first-order valence-electron chi connectivity index (χ1n) is 1.70. The van der Waals surface area contributed by atoms with Gasteiger partial charge in [-0.25, -0.2) is 0 Å². The Morgan fingerprint density at radius 3 is 2.56 bits per heavy atom. The summed E-state index contributed by atoms with van der Waals surface area (Å²) in [6, 6.07) is 0. The minimum atomic E-state index is -0.458. The molecule has 0 atom stereocenters. The van der Waals surface area contributed by atoms with E-state index in [4.69, 9.17) is 5.21 Å². The molecule has 50 valence electrons. The highest BCUT2D eigenvalue weighted by Crippen LogP contribution is 1.90. The van der Waals surface area contributed by atoms with Crippen molar-refractivity contribution in [2.45, 2.75) is 0 Å². The van der Waals surface area contributed by atoms with Crippen molar-refractivity contribution in [1.82, 2.24) is 26.8 Å². The van der Waals surface area contributed by atoms with Gasteiger partial charge in [0, 0.05) is 5.21 Å². The first-order chi connectivity index (χ1) is 3.80. The fourth-order valence-electron chi connectivity index (χ4n) is 0.235. The van der Waals surface area contributed by atoms with Gasteiger partial charge in [0.1, 0.15) is 0 Å². The molecule has 8 heteroatoms. The van der Waals surface area contributed by atoms with Crippen LogP contribution in [0, 0.1) is 4.91 Å². The summed E-state index contributed by atoms with van der Waals surface area (Å²) in [6.07, 6.45) is 0. The van der Waals surface area contributed by atoms with Crippen LogP contribution in [0.25, 0.3) is 0 Å². The predicted octanol–water partition coefficient (Wildman–Crippen LogP) is -0.839. The zero-order valence-corrected chi connectivity index (χ0v) is 4.35. The van der Waals surface area contributed by atoms with Gasteiger partial charge >= 0.3 is 5.95 Å². The number of nitrogens with one attached hydrogen (secondary N) is 1. The van der Waals surface area contributed by atoms with Crippen molar-refractivity contribution in [3.8, 4) is 0 Å². The first-order valence-corrected chi connectivity index (χ1v) is 1.70. The molecule has 0 spiro atoms. The predicted molar refractivity (Wildman–Crippen MR) is 24.3 cm³/mol. The third kappa shape index (κ3) is 1.42. The number of nitrogens with zero attached hydrogens (tertiary/aromatic N) is 4. The highest BCUT2D eigenvalue weighted by molar-refractivity contribution is 4.89. The lowest BCUT2D eigenvalue weighted by atomic mass is 11.1. The Hall–Kier alpha value is -1.57. The number of hydrogen-bond acceptors (Lipinski definition) is 5. The van der Waals surface area contributed by atoms with Gasteiger partial charge in [0.2, 0.25) is 0 Å². The summed E-state index contributed by atoms with van der Waals surface area (Å²) in [5.41, 5.74) is 0. The van der Waals surface area contributed by atoms with E-state index in [1.54, 1.807) is 0 Å². The van der Waals surface area contributed by atoms with E-state index in [2.05, 4.69) is 15.5 Å². The molecule has 1 aromatic rings. The average Bonchev–Trinajstić information content (AvgIpc) is 2.12. The molecule has 5 N–H and O–H groups in total. The van der Waals surface area contributed by atoms with E-state index in [1.165, 1.54) is 0 Å². The fourth-order valence-corrected chi connectivity index (χ4v) is 0.235. The van der Waals surface area contributed by atoms with Crippen molar-refractivity contribution >= 4 is 5.95 Å². The van der Waals surface area contributed by atoms with Crippen LogP contribution in [0.1, 0.15) is 0 Å². The van der Waals surface area contributed by atoms with Crippen LogP contribution in [0.4, 0.5) is 5.95 Å². The Balaban J connectivity index is 0.000000640. The monoisotopic (exact) mass is 133 g/mol. The topological polar surface area (TPSA) is 130 Å². The van der Waals surface area contributed by atoms with Crippen molar-refractivity contribution < 1.29 is 10.1 Å². The van der Waals surface area contributed by atoms with Crippen LogP contribution in [0.3, 0.4) is 0 Å². The zero-order chi connectivity index (χ0) is 5.98. The number of tetrazole rings is 1. The van der Waals surface area contributed by atoms with Crippen molar-refractivity contribution in [2.75, 3.05) is 0 Å². The molecule has 0 aliphatic carbocycles. The minimum absolute atomic E-state index is 0. The molecule has 1 heterocycles. The first kappa shape index (κ1) is 7.43. The second kappa shape index (κ2) is 2.67. The summed E-state index contributed by atoms with van der Waals surface area (Å²) in [6.45, 7) is 0. The molecule has 0 saturated carbocycles. The maximum Gasteiger partial charge on any atom is 0.517 e. The molecule has 0 unspecified atom stereocenters. The normalized spacial score (nSPS) is 8.00. The Kier molecular flexibility index (Phi) is 2.20. The van der Waals surface area contributed by atoms with E-state index in [0.29, 0.717) is 0 Å². The maximum atomic E-state index is 9.80. The number of H-pyrrole nitrogens is 1. The molecule has 0 saturated heterocycles. The molecule has 9 heavy (non-hydrogen) atoms. The van der Waals surface area contributed by atoms with E-state index in [9.17, 15) is 4.91 Å². The standard InChI is InChI=1S/CH2N5O2.H3N/c7-6(8)1-2-4-5-3-1;/h(H,7,8)(H,2,3,4,5);1H3/q+1;. The molecule has 0 aliphatic rings. The van der Waals surface area contributed by atoms with Crippen LogP contribution in [0.5, 0.6) is 0 Å². The van der Waals surface area contributed by atoms with Crippen LogP contribution in [-0.2, 0) is 0 Å². The largest absolute Gasteiger partial charge is 0.517 e. The van der Waals surface area contributed by atoms with Gasteiger partial charge in [0.05, 0.1) is 10.3 Å². The molecule has 0 fully saturated rings. The smallest absolute Gasteiger partial charge is 0.344 e. The average molecular weight is 133 g/mol. The molecule has 0 aliphatic heterocycles. The number of rotatable bonds is 1. The van der Waals surface area contributed by atoms with Gasteiger partial charge in [-0.15, -0.1) is 5.10 Å². The Morgan fingerprint density at radius 2 is 2.33 bits per heavy atom. The van der Waals surface area contributed by atoms with Crippen molar-refractivity contribution in [1.29, 1.82) is 0 Å². The minimum Gasteiger partial charge on any atom is -0.344 e. The van der Waals surface area contributed by atoms with Crippen LogP contribution in [-0.4, -0.2) is 30.8 Å². The van der Waals surface area contributed by atoms with Gasteiger partial charge in [-0.05, 0) is 0 Å². The number of aromatic nitrogens is 4. The van der Waals surface area contributed by atoms with Crippen LogP contribution in [0.15, 0.2) is 0 Å². The van der Waals surface area contributed by atoms with Gasteiger partial charge < -0.3 is 11.4 Å². The third-order valence-corrected chi connectivity index (χ3v) is 0.515. The van der Waals surface area contributed by atoms with Crippen molar-refractivity contribution in [2.24, 2.45) is 0 Å². The molecular formula is CH5N6O2+. The number of aromatic amines is 1. The van der Waals surface area contributed by atoms with Gasteiger partial charge in [-0.1, -0.05) is 4.91 Å². The summed E-state index contributed by atoms with van der Waals surface area (Å²) in [5.74, 6) is -0.329. The lowest BCUT2D eigenvalue weighted by Gasteiger charge is -1.69. The second-order valence-corrected chi connectivity index (χ2v) is 0.998. The molecule has 1 rings (SSSR count). The summed E-state index contributed by atoms with van der Waals surface area (Å²) in [4.78, 5) is 9.35. The van der Waals surface area contributed by atoms with E-state index in [1.807, 2.05) is 5.10 Å². The van der Waals surface area contributed by atoms with Crippen LogP contribution >= 0.6 is 0 Å². The van der Waals surface area contributed by atoms with Gasteiger partial charge in [0.15, 0.2) is 4.92 Å². The Labute approximate surface area is 49.0 Å². The molecule has 8 nitrogen and oxygen atoms in total. The van der Waals surface area contributed by atoms with E-state index in [0.717, 1.165) is 0 Å². The molecule has 1 aromatic heterocycles. The highest BCUT2D eigenvalue weighted by Gasteiger charge is 2.12. The molecule has 0 bridgehead atoms. The summed E-state index contributed by atoms with van der Waals surface area (Å²) < 4.78 is 0. The maximum absolute atomic E-state index is 9.80. The third-order valence-electron chi connectivity index (χ3n) is 0.515. The van der Waals surface area contributed by atoms with Crippen molar-refractivity contribution in [3.63, 3.8) is 0 Å². The van der Waals surface area contributed by atoms with Crippen molar-refractivity contribution in [3.05, 3.63) is 4.91 Å². The summed E-state index contributed by atoms with van der Waals surface area (Å²) in [5, 5.41) is 19.1. The lowest BCUT2D eigenvalue weighted by Crippen LogP contribution is -1.93. The number of hydrogen-bond donors (Lipinski definition) is 3. The molecule has 0 amide bonds. The van der Waals surface area contributed by atoms with E-state index >= 15 is 0 Å². The van der Waals surface area contributed by atoms with Gasteiger partial charge in [-0.2, -0.15) is 0 Å². The van der Waals surface area contributed by atoms with Crippen LogP contribution < -0.4 is 6.15 Å². The highest BCUT2D eigenvalue weighted by atomic mass is 16.6. The fraction of sp³-hybridized carbons (Fsp3) is 0. The van der Waals surface area contributed by atoms with Crippen LogP contribution in [0.2, 0.25) is 0 Å². The van der Waals surface area contributed by atoms with E-state index in [-0.39, 0.29) is 12.1 Å². The lowest BCUT2D eigenvalue weighted by molar-refractivity contribution is -0.734. The molecule has 0 radical (unpaired) electrons. The summed E-state index contributed by atoms with van der Waals surface area (Å²) in [7, 11) is 0. The molecular weight excluding hydrogens is 128 g/mol. The SMILES string of the molecule is N.O=[N+](O)c1nnn[nH]1.